The Bertz CT molecular complexity index is 246. The molecule has 14 heavy (non-hydrogen) atoms. The van der Waals surface area contributed by atoms with Gasteiger partial charge in [0, 0.05) is 6.54 Å². The van der Waals surface area contributed by atoms with Crippen molar-refractivity contribution in [2.24, 2.45) is 5.92 Å². The van der Waals surface area contributed by atoms with Gasteiger partial charge in [-0.2, -0.15) is 0 Å². The predicted octanol–water partition coefficient (Wildman–Crippen LogP) is 0.315. The molecule has 0 aromatic heterocycles. The van der Waals surface area contributed by atoms with Crippen LogP contribution in [0.4, 0.5) is 0 Å². The van der Waals surface area contributed by atoms with Crippen LogP contribution < -0.4 is 10.0 Å². The molecule has 0 aromatic carbocycles. The van der Waals surface area contributed by atoms with Gasteiger partial charge in [-0.25, -0.2) is 13.1 Å². The fraction of sp³-hybridized carbons (Fsp3) is 1.00. The Morgan fingerprint density at radius 1 is 1.50 bits per heavy atom. The summed E-state index contributed by atoms with van der Waals surface area (Å²) in [6.45, 7) is 2.81. The van der Waals surface area contributed by atoms with Crippen LogP contribution in [0.1, 0.15) is 25.7 Å². The summed E-state index contributed by atoms with van der Waals surface area (Å²) in [5.41, 5.74) is 0. The van der Waals surface area contributed by atoms with E-state index in [1.165, 1.54) is 19.1 Å². The Balaban J connectivity index is 2.03. The summed E-state index contributed by atoms with van der Waals surface area (Å²) in [5, 5.41) is 3.35. The highest BCUT2D eigenvalue weighted by Crippen LogP contribution is 2.15. The first-order valence-electron chi connectivity index (χ1n) is 5.23. The van der Waals surface area contributed by atoms with Crippen molar-refractivity contribution in [3.8, 4) is 0 Å². The Morgan fingerprint density at radius 3 is 2.86 bits per heavy atom. The first-order chi connectivity index (χ1) is 6.58. The third-order valence-electron chi connectivity index (χ3n) is 2.55. The smallest absolute Gasteiger partial charge is 0.208 e. The molecule has 4 nitrogen and oxygen atoms in total. The van der Waals surface area contributed by atoms with E-state index < -0.39 is 10.0 Å². The second-order valence-corrected chi connectivity index (χ2v) is 5.85. The van der Waals surface area contributed by atoms with E-state index >= 15 is 0 Å². The lowest BCUT2D eigenvalue weighted by atomic mass is 9.95. The van der Waals surface area contributed by atoms with Gasteiger partial charge in [0.1, 0.15) is 0 Å². The van der Waals surface area contributed by atoms with Gasteiger partial charge in [-0.05, 0) is 44.7 Å². The lowest BCUT2D eigenvalue weighted by Crippen LogP contribution is -2.30. The molecule has 0 saturated carbocycles. The van der Waals surface area contributed by atoms with Gasteiger partial charge in [0.2, 0.25) is 10.0 Å². The van der Waals surface area contributed by atoms with Gasteiger partial charge in [-0.15, -0.1) is 0 Å². The maximum absolute atomic E-state index is 10.8. The van der Waals surface area contributed by atoms with Gasteiger partial charge in [0.05, 0.1) is 6.26 Å². The molecule has 2 N–H and O–H groups in total. The normalized spacial score (nSPS) is 23.6. The van der Waals surface area contributed by atoms with Crippen molar-refractivity contribution in [3.63, 3.8) is 0 Å². The van der Waals surface area contributed by atoms with Crippen molar-refractivity contribution in [1.29, 1.82) is 0 Å². The number of sulfonamides is 1. The third-order valence-corrected chi connectivity index (χ3v) is 3.28. The Morgan fingerprint density at radius 2 is 2.29 bits per heavy atom. The Labute approximate surface area is 86.5 Å². The van der Waals surface area contributed by atoms with Crippen LogP contribution in [-0.4, -0.2) is 34.3 Å². The first-order valence-corrected chi connectivity index (χ1v) is 7.12. The summed E-state index contributed by atoms with van der Waals surface area (Å²) >= 11 is 0. The molecule has 0 bridgehead atoms. The standard InChI is InChI=1S/C9H20N2O2S/c1-14(12,13)11-7-3-5-9-4-2-6-10-8-9/h9-11H,2-8H2,1H3. The summed E-state index contributed by atoms with van der Waals surface area (Å²) in [6.07, 6.45) is 5.81. The second kappa shape index (κ2) is 5.68. The molecular weight excluding hydrogens is 200 g/mol. The van der Waals surface area contributed by atoms with Gasteiger partial charge in [0.25, 0.3) is 0 Å². The molecule has 1 aliphatic rings. The zero-order chi connectivity index (χ0) is 10.4. The Hall–Kier alpha value is -0.130. The van der Waals surface area contributed by atoms with E-state index in [-0.39, 0.29) is 0 Å². The fourth-order valence-corrected chi connectivity index (χ4v) is 2.33. The average Bonchev–Trinajstić information content (AvgIpc) is 2.13. The number of hydrogen-bond acceptors (Lipinski definition) is 3. The lowest BCUT2D eigenvalue weighted by molar-refractivity contribution is 0.351. The first kappa shape index (κ1) is 11.9. The van der Waals surface area contributed by atoms with Crippen LogP contribution in [0.2, 0.25) is 0 Å². The molecule has 1 saturated heterocycles. The van der Waals surface area contributed by atoms with Crippen molar-refractivity contribution < 1.29 is 8.42 Å². The van der Waals surface area contributed by atoms with Crippen LogP contribution in [0.3, 0.4) is 0 Å². The van der Waals surface area contributed by atoms with Crippen molar-refractivity contribution >= 4 is 10.0 Å². The summed E-state index contributed by atoms with van der Waals surface area (Å²) in [4.78, 5) is 0. The van der Waals surface area contributed by atoms with Crippen molar-refractivity contribution in [2.45, 2.75) is 25.7 Å². The SMILES string of the molecule is CS(=O)(=O)NCCCC1CCCNC1. The van der Waals surface area contributed by atoms with E-state index in [0.717, 1.165) is 31.8 Å². The lowest BCUT2D eigenvalue weighted by Gasteiger charge is -2.22. The van der Waals surface area contributed by atoms with Crippen LogP contribution >= 0.6 is 0 Å². The van der Waals surface area contributed by atoms with Crippen LogP contribution in [0.25, 0.3) is 0 Å². The summed E-state index contributed by atoms with van der Waals surface area (Å²) in [6, 6.07) is 0. The zero-order valence-corrected chi connectivity index (χ0v) is 9.57. The van der Waals surface area contributed by atoms with Crippen LogP contribution in [-0.2, 0) is 10.0 Å². The number of piperidine rings is 1. The molecule has 0 spiro atoms. The monoisotopic (exact) mass is 220 g/mol. The minimum absolute atomic E-state index is 0.579. The minimum Gasteiger partial charge on any atom is -0.316 e. The summed E-state index contributed by atoms with van der Waals surface area (Å²) in [5.74, 6) is 0.741. The highest BCUT2D eigenvalue weighted by Gasteiger charge is 2.12. The van der Waals surface area contributed by atoms with E-state index in [9.17, 15) is 8.42 Å². The van der Waals surface area contributed by atoms with Crippen LogP contribution in [0.5, 0.6) is 0 Å². The van der Waals surface area contributed by atoms with Gasteiger partial charge >= 0.3 is 0 Å². The van der Waals surface area contributed by atoms with Crippen molar-refractivity contribution in [1.82, 2.24) is 10.0 Å². The average molecular weight is 220 g/mol. The molecule has 0 aromatic rings. The molecule has 1 unspecified atom stereocenters. The van der Waals surface area contributed by atoms with E-state index in [4.69, 9.17) is 0 Å². The quantitative estimate of drug-likeness (QED) is 0.656. The van der Waals surface area contributed by atoms with E-state index in [2.05, 4.69) is 10.0 Å². The van der Waals surface area contributed by atoms with Crippen molar-refractivity contribution in [2.75, 3.05) is 25.9 Å². The molecule has 1 fully saturated rings. The number of nitrogens with one attached hydrogen (secondary N) is 2. The molecule has 84 valence electrons. The minimum atomic E-state index is -2.99. The predicted molar refractivity (Wildman–Crippen MR) is 57.7 cm³/mol. The Kier molecular flexibility index (Phi) is 4.84. The van der Waals surface area contributed by atoms with E-state index in [0.29, 0.717) is 6.54 Å². The zero-order valence-electron chi connectivity index (χ0n) is 8.75. The largest absolute Gasteiger partial charge is 0.316 e. The van der Waals surface area contributed by atoms with Crippen LogP contribution in [0, 0.1) is 5.92 Å². The molecule has 0 radical (unpaired) electrons. The molecular formula is C9H20N2O2S. The van der Waals surface area contributed by atoms with E-state index in [1.54, 1.807) is 0 Å². The molecule has 1 aliphatic heterocycles. The maximum atomic E-state index is 10.8. The highest BCUT2D eigenvalue weighted by molar-refractivity contribution is 7.88. The third kappa shape index (κ3) is 5.57. The summed E-state index contributed by atoms with van der Waals surface area (Å²) < 4.78 is 24.0. The van der Waals surface area contributed by atoms with Crippen LogP contribution in [0.15, 0.2) is 0 Å². The molecule has 1 rings (SSSR count). The van der Waals surface area contributed by atoms with E-state index in [1.807, 2.05) is 0 Å². The number of rotatable bonds is 5. The molecule has 5 heteroatoms. The van der Waals surface area contributed by atoms with Gasteiger partial charge < -0.3 is 5.32 Å². The fourth-order valence-electron chi connectivity index (χ4n) is 1.82. The van der Waals surface area contributed by atoms with Gasteiger partial charge in [0.15, 0.2) is 0 Å². The second-order valence-electron chi connectivity index (χ2n) is 4.02. The van der Waals surface area contributed by atoms with Crippen molar-refractivity contribution in [3.05, 3.63) is 0 Å². The maximum Gasteiger partial charge on any atom is 0.208 e. The molecule has 1 atom stereocenters. The molecule has 0 aliphatic carbocycles. The number of hydrogen-bond donors (Lipinski definition) is 2. The molecule has 1 heterocycles. The highest BCUT2D eigenvalue weighted by atomic mass is 32.2. The van der Waals surface area contributed by atoms with Gasteiger partial charge in [-0.1, -0.05) is 0 Å². The molecule has 0 amide bonds. The topological polar surface area (TPSA) is 58.2 Å². The summed E-state index contributed by atoms with van der Waals surface area (Å²) in [7, 11) is -2.99. The van der Waals surface area contributed by atoms with Gasteiger partial charge in [-0.3, -0.25) is 0 Å².